The van der Waals surface area contributed by atoms with Crippen molar-refractivity contribution in [2.45, 2.75) is 18.9 Å². The van der Waals surface area contributed by atoms with Crippen LogP contribution in [-0.2, 0) is 16.0 Å². The molecular weight excluding hydrogens is 476 g/mol. The predicted molar refractivity (Wildman–Crippen MR) is 111 cm³/mol. The van der Waals surface area contributed by atoms with Crippen molar-refractivity contribution in [3.63, 3.8) is 0 Å². The first-order chi connectivity index (χ1) is 13.4. The number of rotatable bonds is 5. The van der Waals surface area contributed by atoms with Crippen LogP contribution in [0.1, 0.15) is 23.6 Å². The van der Waals surface area contributed by atoms with E-state index in [1.54, 1.807) is 37.3 Å². The lowest BCUT2D eigenvalue weighted by molar-refractivity contribution is -0.131. The predicted octanol–water partition coefficient (Wildman–Crippen LogP) is 4.05. The zero-order valence-electron chi connectivity index (χ0n) is 15.4. The molecule has 3 rings (SSSR count). The maximum Gasteiger partial charge on any atom is 0.231 e. The normalized spacial score (nSPS) is 16.2. The first-order valence-electron chi connectivity index (χ1n) is 8.61. The van der Waals surface area contributed by atoms with Gasteiger partial charge in [0.05, 0.1) is 26.7 Å². The van der Waals surface area contributed by atoms with Crippen LogP contribution in [0.15, 0.2) is 48.7 Å². The molecule has 0 saturated heterocycles. The Morgan fingerprint density at radius 3 is 2.46 bits per heavy atom. The first kappa shape index (κ1) is 20.3. The summed E-state index contributed by atoms with van der Waals surface area (Å²) in [5.41, 5.74) is 1.51. The van der Waals surface area contributed by atoms with Gasteiger partial charge in [0.1, 0.15) is 5.82 Å². The summed E-state index contributed by atoms with van der Waals surface area (Å²) in [4.78, 5) is 26.5. The highest BCUT2D eigenvalue weighted by Gasteiger charge is 2.29. The Hall–Kier alpha value is -2.42. The van der Waals surface area contributed by atoms with Crippen molar-refractivity contribution in [1.29, 1.82) is 0 Å². The molecule has 2 aromatic carbocycles. The molecule has 1 amide bonds. The summed E-state index contributed by atoms with van der Waals surface area (Å²) in [5.74, 6) is 0.544. The second kappa shape index (κ2) is 8.72. The fraction of sp³-hybridized carbons (Fsp3) is 0.238. The number of benzene rings is 2. The van der Waals surface area contributed by atoms with Crippen molar-refractivity contribution >= 4 is 34.3 Å². The summed E-state index contributed by atoms with van der Waals surface area (Å²) in [5, 5.41) is 0. The van der Waals surface area contributed by atoms with Gasteiger partial charge < -0.3 is 14.4 Å². The van der Waals surface area contributed by atoms with Crippen LogP contribution in [0.5, 0.6) is 11.5 Å². The molecule has 2 aromatic rings. The molecule has 0 fully saturated rings. The molecule has 0 saturated carbocycles. The van der Waals surface area contributed by atoms with Crippen LogP contribution in [0.3, 0.4) is 0 Å². The number of nitrogens with zero attached hydrogens (tertiary/aromatic N) is 1. The Balaban J connectivity index is 1.88. The minimum Gasteiger partial charge on any atom is -0.493 e. The molecule has 1 unspecified atom stereocenters. The van der Waals surface area contributed by atoms with Crippen LogP contribution in [0, 0.1) is 9.39 Å². The molecule has 1 aliphatic rings. The van der Waals surface area contributed by atoms with Crippen molar-refractivity contribution < 1.29 is 23.5 Å². The Kier molecular flexibility index (Phi) is 6.33. The van der Waals surface area contributed by atoms with E-state index in [4.69, 9.17) is 9.47 Å². The minimum atomic E-state index is -0.455. The number of hydrogen-bond acceptors (Lipinski definition) is 4. The lowest BCUT2D eigenvalue weighted by Gasteiger charge is -2.31. The van der Waals surface area contributed by atoms with Gasteiger partial charge in [0.15, 0.2) is 17.3 Å². The van der Waals surface area contributed by atoms with E-state index in [2.05, 4.69) is 22.6 Å². The molecule has 1 atom stereocenters. The lowest BCUT2D eigenvalue weighted by atomic mass is 9.96. The molecule has 1 heterocycles. The fourth-order valence-corrected chi connectivity index (χ4v) is 3.76. The van der Waals surface area contributed by atoms with Crippen molar-refractivity contribution in [1.82, 2.24) is 4.90 Å². The second-order valence-electron chi connectivity index (χ2n) is 6.33. The van der Waals surface area contributed by atoms with Gasteiger partial charge in [-0.05, 0) is 64.1 Å². The van der Waals surface area contributed by atoms with Crippen molar-refractivity contribution in [2.24, 2.45) is 0 Å². The number of methoxy groups -OCH3 is 2. The molecule has 7 heteroatoms. The molecule has 0 aromatic heterocycles. The second-order valence-corrected chi connectivity index (χ2v) is 7.49. The van der Waals surface area contributed by atoms with Gasteiger partial charge in [0, 0.05) is 16.2 Å². The van der Waals surface area contributed by atoms with Crippen molar-refractivity contribution in [3.05, 3.63) is 69.2 Å². The summed E-state index contributed by atoms with van der Waals surface area (Å²) in [6, 6.07) is 9.01. The monoisotopic (exact) mass is 495 g/mol. The third-order valence-corrected chi connectivity index (χ3v) is 5.59. The van der Waals surface area contributed by atoms with Crippen molar-refractivity contribution in [2.75, 3.05) is 14.2 Å². The third-order valence-electron chi connectivity index (χ3n) is 4.59. The molecule has 0 aliphatic carbocycles. The largest absolute Gasteiger partial charge is 0.493 e. The topological polar surface area (TPSA) is 55.8 Å². The first-order valence-corrected chi connectivity index (χ1v) is 9.69. The molecule has 0 spiro atoms. The quantitative estimate of drug-likeness (QED) is 0.588. The number of ether oxygens (including phenoxy) is 2. The maximum absolute atomic E-state index is 13.3. The van der Waals surface area contributed by atoms with E-state index >= 15 is 0 Å². The third kappa shape index (κ3) is 4.35. The van der Waals surface area contributed by atoms with Gasteiger partial charge >= 0.3 is 0 Å². The van der Waals surface area contributed by atoms with Crippen LogP contribution in [-0.4, -0.2) is 30.8 Å². The maximum atomic E-state index is 13.3. The Morgan fingerprint density at radius 2 is 1.82 bits per heavy atom. The van der Waals surface area contributed by atoms with Crippen LogP contribution >= 0.6 is 22.6 Å². The Bertz CT molecular complexity index is 927. The summed E-state index contributed by atoms with van der Waals surface area (Å²) >= 11 is 2.15. The molecule has 0 N–H and O–H groups in total. The summed E-state index contributed by atoms with van der Waals surface area (Å²) in [7, 11) is 3.10. The average Bonchev–Trinajstić information content (AvgIpc) is 2.69. The Morgan fingerprint density at radius 1 is 1.18 bits per heavy atom. The molecule has 0 bridgehead atoms. The number of carbonyl (C=O) groups is 2. The molecular formula is C21H19FINO4. The van der Waals surface area contributed by atoms with Gasteiger partial charge in [-0.2, -0.15) is 0 Å². The van der Waals surface area contributed by atoms with Gasteiger partial charge in [-0.25, -0.2) is 4.39 Å². The summed E-state index contributed by atoms with van der Waals surface area (Å²) < 4.78 is 24.8. The highest BCUT2D eigenvalue weighted by molar-refractivity contribution is 14.1. The van der Waals surface area contributed by atoms with Crippen molar-refractivity contribution in [3.8, 4) is 11.5 Å². The van der Waals surface area contributed by atoms with E-state index in [1.807, 2.05) is 6.07 Å². The number of ketones is 1. The van der Waals surface area contributed by atoms with Gasteiger partial charge in [0.2, 0.25) is 5.91 Å². The summed E-state index contributed by atoms with van der Waals surface area (Å²) in [6.45, 7) is 0. The van der Waals surface area contributed by atoms with E-state index in [-0.39, 0.29) is 30.3 Å². The van der Waals surface area contributed by atoms with E-state index in [1.165, 1.54) is 24.4 Å². The van der Waals surface area contributed by atoms with Gasteiger partial charge in [-0.3, -0.25) is 9.59 Å². The molecule has 146 valence electrons. The number of hydrogen-bond donors (Lipinski definition) is 0. The van der Waals surface area contributed by atoms with Gasteiger partial charge in [0.25, 0.3) is 0 Å². The van der Waals surface area contributed by atoms with E-state index in [0.717, 1.165) is 14.7 Å². The van der Waals surface area contributed by atoms with Crippen LogP contribution in [0.25, 0.3) is 0 Å². The van der Waals surface area contributed by atoms with Crippen LogP contribution < -0.4 is 9.47 Å². The number of carbonyl (C=O) groups excluding carboxylic acids is 2. The minimum absolute atomic E-state index is 0.0703. The fourth-order valence-electron chi connectivity index (χ4n) is 3.13. The van der Waals surface area contributed by atoms with Crippen LogP contribution in [0.4, 0.5) is 4.39 Å². The molecule has 28 heavy (non-hydrogen) atoms. The van der Waals surface area contributed by atoms with E-state index < -0.39 is 6.04 Å². The smallest absolute Gasteiger partial charge is 0.231 e. The molecule has 1 aliphatic heterocycles. The molecule has 0 radical (unpaired) electrons. The van der Waals surface area contributed by atoms with Gasteiger partial charge in [-0.15, -0.1) is 0 Å². The zero-order chi connectivity index (χ0) is 20.3. The average molecular weight is 495 g/mol. The van der Waals surface area contributed by atoms with E-state index in [0.29, 0.717) is 11.5 Å². The SMILES string of the molecule is COc1cc(I)c(CC(=O)N2C=CC(=O)CC2c2ccc(F)cc2)cc1OC. The number of amides is 1. The van der Waals surface area contributed by atoms with Gasteiger partial charge in [-0.1, -0.05) is 12.1 Å². The standard InChI is InChI=1S/C21H19FINO4/c1-27-19-9-14(17(23)12-20(19)28-2)10-21(26)24-8-7-16(25)11-18(24)13-3-5-15(22)6-4-13/h3-9,12,18H,10-11H2,1-2H3. The summed E-state index contributed by atoms with van der Waals surface area (Å²) in [6.07, 6.45) is 3.21. The number of allylic oxidation sites excluding steroid dienone is 1. The molecule has 5 nitrogen and oxygen atoms in total. The lowest BCUT2D eigenvalue weighted by Crippen LogP contribution is -2.35. The highest BCUT2D eigenvalue weighted by atomic mass is 127. The van der Waals surface area contributed by atoms with Crippen LogP contribution in [0.2, 0.25) is 0 Å². The van der Waals surface area contributed by atoms with E-state index in [9.17, 15) is 14.0 Å². The zero-order valence-corrected chi connectivity index (χ0v) is 17.6. The Labute approximate surface area is 176 Å². The number of halogens is 2. The highest BCUT2D eigenvalue weighted by Crippen LogP contribution is 2.33.